The van der Waals surface area contributed by atoms with E-state index in [1.165, 1.54) is 6.42 Å². The first-order valence-corrected chi connectivity index (χ1v) is 5.01. The Morgan fingerprint density at radius 3 is 2.31 bits per heavy atom. The predicted octanol–water partition coefficient (Wildman–Crippen LogP) is 0.361. The van der Waals surface area contributed by atoms with Gasteiger partial charge in [0.1, 0.15) is 0 Å². The number of aliphatic hydroxyl groups is 1. The number of hydrogen-bond donors (Lipinski definition) is 3. The van der Waals surface area contributed by atoms with Gasteiger partial charge in [-0.2, -0.15) is 0 Å². The zero-order valence-electron chi connectivity index (χ0n) is 7.62. The summed E-state index contributed by atoms with van der Waals surface area (Å²) in [5.74, 6) is 0. The van der Waals surface area contributed by atoms with Gasteiger partial charge >= 0.3 is 6.03 Å². The lowest BCUT2D eigenvalue weighted by atomic mass is 9.89. The number of rotatable bonds is 2. The van der Waals surface area contributed by atoms with Gasteiger partial charge in [-0.15, -0.1) is 0 Å². The van der Waals surface area contributed by atoms with Crippen molar-refractivity contribution in [3.05, 3.63) is 0 Å². The van der Waals surface area contributed by atoms with Gasteiger partial charge in [0, 0.05) is 6.04 Å². The molecule has 0 saturated heterocycles. The van der Waals surface area contributed by atoms with Crippen molar-refractivity contribution >= 4 is 6.03 Å². The minimum Gasteiger partial charge on any atom is -0.391 e. The topological polar surface area (TPSA) is 61.4 Å². The third kappa shape index (κ3) is 1.94. The van der Waals surface area contributed by atoms with Gasteiger partial charge in [-0.25, -0.2) is 4.79 Å². The lowest BCUT2D eigenvalue weighted by Gasteiger charge is -2.34. The van der Waals surface area contributed by atoms with Crippen molar-refractivity contribution in [2.45, 2.75) is 50.3 Å². The van der Waals surface area contributed by atoms with Crippen molar-refractivity contribution in [2.75, 3.05) is 0 Å². The van der Waals surface area contributed by atoms with E-state index in [0.29, 0.717) is 6.04 Å². The van der Waals surface area contributed by atoms with E-state index in [2.05, 4.69) is 10.6 Å². The molecule has 2 aliphatic carbocycles. The first-order chi connectivity index (χ1) is 6.25. The quantitative estimate of drug-likeness (QED) is 0.580. The van der Waals surface area contributed by atoms with Crippen LogP contribution < -0.4 is 10.6 Å². The highest BCUT2D eigenvalue weighted by Crippen LogP contribution is 2.20. The van der Waals surface area contributed by atoms with E-state index in [9.17, 15) is 9.90 Å². The van der Waals surface area contributed by atoms with Gasteiger partial charge < -0.3 is 15.7 Å². The maximum atomic E-state index is 11.3. The second-order valence-corrected chi connectivity index (χ2v) is 4.00. The number of amides is 2. The Labute approximate surface area is 77.7 Å². The molecule has 0 heterocycles. The summed E-state index contributed by atoms with van der Waals surface area (Å²) >= 11 is 0. The van der Waals surface area contributed by atoms with E-state index in [4.69, 9.17) is 0 Å². The van der Waals surface area contributed by atoms with Gasteiger partial charge in [0.2, 0.25) is 0 Å². The average Bonchev–Trinajstić information content (AvgIpc) is 2.05. The number of aliphatic hydroxyl groups excluding tert-OH is 1. The van der Waals surface area contributed by atoms with Gasteiger partial charge in [0.05, 0.1) is 12.1 Å². The lowest BCUT2D eigenvalue weighted by molar-refractivity contribution is 0.0543. The summed E-state index contributed by atoms with van der Waals surface area (Å²) in [5.41, 5.74) is 0. The minimum atomic E-state index is -0.327. The Morgan fingerprint density at radius 2 is 1.92 bits per heavy atom. The first-order valence-electron chi connectivity index (χ1n) is 5.01. The maximum absolute atomic E-state index is 11.3. The van der Waals surface area contributed by atoms with Crippen LogP contribution in [0.25, 0.3) is 0 Å². The number of carbonyl (C=O) groups excluding carboxylic acids is 1. The van der Waals surface area contributed by atoms with Crippen LogP contribution in [0.1, 0.15) is 32.1 Å². The van der Waals surface area contributed by atoms with Gasteiger partial charge in [0.15, 0.2) is 0 Å². The second kappa shape index (κ2) is 3.54. The summed E-state index contributed by atoms with van der Waals surface area (Å²) in [5, 5.41) is 14.9. The number of nitrogens with one attached hydrogen (secondary N) is 2. The molecule has 2 fully saturated rings. The number of carbonyl (C=O) groups is 1. The Bertz CT molecular complexity index is 204. The Hall–Kier alpha value is -0.770. The molecule has 0 unspecified atom stereocenters. The monoisotopic (exact) mass is 184 g/mol. The number of hydrogen-bond acceptors (Lipinski definition) is 2. The van der Waals surface area contributed by atoms with E-state index in [-0.39, 0.29) is 18.2 Å². The molecule has 4 nitrogen and oxygen atoms in total. The van der Waals surface area contributed by atoms with Crippen LogP contribution in [-0.4, -0.2) is 29.3 Å². The molecule has 2 saturated carbocycles. The second-order valence-electron chi connectivity index (χ2n) is 4.00. The molecule has 2 amide bonds. The smallest absolute Gasteiger partial charge is 0.315 e. The van der Waals surface area contributed by atoms with Gasteiger partial charge in [0.25, 0.3) is 0 Å². The highest BCUT2D eigenvalue weighted by Gasteiger charge is 2.30. The summed E-state index contributed by atoms with van der Waals surface area (Å²) in [4.78, 5) is 11.3. The molecule has 13 heavy (non-hydrogen) atoms. The fourth-order valence-corrected chi connectivity index (χ4v) is 1.60. The van der Waals surface area contributed by atoms with Crippen LogP contribution in [0.2, 0.25) is 0 Å². The fourth-order valence-electron chi connectivity index (χ4n) is 1.60. The first kappa shape index (κ1) is 8.81. The summed E-state index contributed by atoms with van der Waals surface area (Å²) < 4.78 is 0. The van der Waals surface area contributed by atoms with Crippen molar-refractivity contribution in [1.82, 2.24) is 10.6 Å². The van der Waals surface area contributed by atoms with E-state index in [1.807, 2.05) is 0 Å². The molecule has 0 aromatic rings. The van der Waals surface area contributed by atoms with Crippen molar-refractivity contribution in [3.8, 4) is 0 Å². The highest BCUT2D eigenvalue weighted by molar-refractivity contribution is 5.74. The fraction of sp³-hybridized carbons (Fsp3) is 0.889. The van der Waals surface area contributed by atoms with Crippen LogP contribution in [0.5, 0.6) is 0 Å². The predicted molar refractivity (Wildman–Crippen MR) is 48.3 cm³/mol. The van der Waals surface area contributed by atoms with Crippen LogP contribution in [0.3, 0.4) is 0 Å². The van der Waals surface area contributed by atoms with E-state index >= 15 is 0 Å². The average molecular weight is 184 g/mol. The van der Waals surface area contributed by atoms with Crippen molar-refractivity contribution in [2.24, 2.45) is 0 Å². The molecule has 4 heteroatoms. The summed E-state index contributed by atoms with van der Waals surface area (Å²) in [6.07, 6.45) is 4.80. The third-order valence-corrected chi connectivity index (χ3v) is 2.99. The van der Waals surface area contributed by atoms with E-state index in [1.54, 1.807) is 0 Å². The molecule has 0 aromatic heterocycles. The van der Waals surface area contributed by atoms with Gasteiger partial charge in [-0.05, 0) is 32.1 Å². The molecule has 0 aromatic carbocycles. The molecular formula is C9H16N2O2. The van der Waals surface area contributed by atoms with Crippen LogP contribution >= 0.6 is 0 Å². The van der Waals surface area contributed by atoms with E-state index in [0.717, 1.165) is 25.7 Å². The molecule has 0 aliphatic heterocycles. The molecule has 2 atom stereocenters. The Kier molecular flexibility index (Phi) is 2.40. The van der Waals surface area contributed by atoms with Crippen molar-refractivity contribution in [1.29, 1.82) is 0 Å². The van der Waals surface area contributed by atoms with Crippen molar-refractivity contribution < 1.29 is 9.90 Å². The molecule has 3 N–H and O–H groups in total. The molecular weight excluding hydrogens is 168 g/mol. The van der Waals surface area contributed by atoms with Crippen LogP contribution in [0.4, 0.5) is 4.79 Å². The van der Waals surface area contributed by atoms with E-state index < -0.39 is 0 Å². The third-order valence-electron chi connectivity index (χ3n) is 2.99. The molecule has 2 aliphatic rings. The van der Waals surface area contributed by atoms with Crippen LogP contribution in [-0.2, 0) is 0 Å². The minimum absolute atomic E-state index is 0.0138. The maximum Gasteiger partial charge on any atom is 0.315 e. The number of urea groups is 1. The standard InChI is InChI=1S/C9H16N2O2/c12-8-5-4-7(8)11-9(13)10-6-2-1-3-6/h6-8,12H,1-5H2,(H2,10,11,13)/t7-,8-/m1/s1. The highest BCUT2D eigenvalue weighted by atomic mass is 16.3. The lowest BCUT2D eigenvalue weighted by Crippen LogP contribution is -2.55. The molecule has 0 radical (unpaired) electrons. The van der Waals surface area contributed by atoms with Crippen molar-refractivity contribution in [3.63, 3.8) is 0 Å². The molecule has 0 bridgehead atoms. The molecule has 2 rings (SSSR count). The van der Waals surface area contributed by atoms with Crippen LogP contribution in [0.15, 0.2) is 0 Å². The largest absolute Gasteiger partial charge is 0.391 e. The normalized spacial score (nSPS) is 33.0. The Balaban J connectivity index is 1.65. The SMILES string of the molecule is O=C(NC1CCC1)N[C@@H]1CC[C@H]1O. The summed E-state index contributed by atoms with van der Waals surface area (Å²) in [6, 6.07) is 0.241. The summed E-state index contributed by atoms with van der Waals surface area (Å²) in [7, 11) is 0. The molecule has 0 spiro atoms. The van der Waals surface area contributed by atoms with Gasteiger partial charge in [-0.1, -0.05) is 0 Å². The zero-order chi connectivity index (χ0) is 9.26. The van der Waals surface area contributed by atoms with Crippen LogP contribution in [0, 0.1) is 0 Å². The van der Waals surface area contributed by atoms with Gasteiger partial charge in [-0.3, -0.25) is 0 Å². The Morgan fingerprint density at radius 1 is 1.15 bits per heavy atom. The molecule has 74 valence electrons. The zero-order valence-corrected chi connectivity index (χ0v) is 7.62. The summed E-state index contributed by atoms with van der Waals surface area (Å²) in [6.45, 7) is 0.